The summed E-state index contributed by atoms with van der Waals surface area (Å²) in [5.74, 6) is 0.434. The number of rotatable bonds is 7. The second-order valence-corrected chi connectivity index (χ2v) is 11.8. The highest BCUT2D eigenvalue weighted by molar-refractivity contribution is 7.90. The van der Waals surface area contributed by atoms with Gasteiger partial charge in [-0.3, -0.25) is 4.79 Å². The number of ether oxygens (including phenoxy) is 2. The lowest BCUT2D eigenvalue weighted by molar-refractivity contribution is 0.0801. The Morgan fingerprint density at radius 1 is 1.18 bits per heavy atom. The summed E-state index contributed by atoms with van der Waals surface area (Å²) in [6.45, 7) is 2.46. The molecule has 1 amide bonds. The minimum atomic E-state index is -3.74. The fraction of sp³-hybridized carbons (Fsp3) is 0.286. The molecule has 0 radical (unpaired) electrons. The number of fused-ring (bicyclic) bond motifs is 3. The standard InChI is InChI=1S/C28H27N5O5S/c1-16-25-21(15-37-16)20-9-5-17(12-22(20)32-26(25)29)14-33(23-4-3-11-30-27(23)39(2,35)36)28(34)18-6-10-24(31-13-18)38-19-7-8-19/h3-6,9-13,16,19H,7-8,14-15H2,1-2H3,(H2,29,32). The maximum absolute atomic E-state index is 13.9. The van der Waals surface area contributed by atoms with E-state index in [0.29, 0.717) is 23.8 Å². The molecule has 6 rings (SSSR count). The first-order valence-electron chi connectivity index (χ1n) is 12.6. The number of sulfone groups is 1. The predicted molar refractivity (Wildman–Crippen MR) is 145 cm³/mol. The van der Waals surface area contributed by atoms with Crippen molar-refractivity contribution in [1.82, 2.24) is 15.0 Å². The van der Waals surface area contributed by atoms with Crippen LogP contribution in [0.4, 0.5) is 11.5 Å². The van der Waals surface area contributed by atoms with E-state index in [9.17, 15) is 13.2 Å². The number of benzene rings is 1. The Kier molecular flexibility index (Phi) is 6.19. The van der Waals surface area contributed by atoms with Gasteiger partial charge in [-0.05, 0) is 55.2 Å². The number of nitrogen functional groups attached to an aromatic ring is 1. The molecule has 3 aromatic heterocycles. The van der Waals surface area contributed by atoms with Gasteiger partial charge in [0.2, 0.25) is 5.88 Å². The van der Waals surface area contributed by atoms with Crippen LogP contribution in [0.2, 0.25) is 0 Å². The van der Waals surface area contributed by atoms with Gasteiger partial charge in [-0.25, -0.2) is 23.4 Å². The van der Waals surface area contributed by atoms with Crippen molar-refractivity contribution in [2.45, 2.75) is 50.2 Å². The first kappa shape index (κ1) is 25.2. The summed E-state index contributed by atoms with van der Waals surface area (Å²) in [6, 6.07) is 12.1. The lowest BCUT2D eigenvalue weighted by Gasteiger charge is -2.25. The Hall–Kier alpha value is -4.09. The molecule has 11 heteroatoms. The lowest BCUT2D eigenvalue weighted by Crippen LogP contribution is -2.32. The van der Waals surface area contributed by atoms with Crippen molar-refractivity contribution in [3.63, 3.8) is 0 Å². The average molecular weight is 546 g/mol. The molecule has 0 saturated heterocycles. The summed E-state index contributed by atoms with van der Waals surface area (Å²) in [5, 5.41) is 0.742. The van der Waals surface area contributed by atoms with E-state index in [1.165, 1.54) is 17.3 Å². The van der Waals surface area contributed by atoms with E-state index in [0.717, 1.165) is 41.2 Å². The number of anilines is 2. The van der Waals surface area contributed by atoms with Crippen molar-refractivity contribution < 1.29 is 22.7 Å². The van der Waals surface area contributed by atoms with Gasteiger partial charge in [0.1, 0.15) is 11.9 Å². The van der Waals surface area contributed by atoms with Crippen molar-refractivity contribution in [3.05, 3.63) is 77.1 Å². The minimum absolute atomic E-state index is 0.0644. The van der Waals surface area contributed by atoms with Crippen LogP contribution in [-0.2, 0) is 27.7 Å². The van der Waals surface area contributed by atoms with Crippen molar-refractivity contribution in [1.29, 1.82) is 0 Å². The minimum Gasteiger partial charge on any atom is -0.474 e. The van der Waals surface area contributed by atoms with Gasteiger partial charge in [-0.1, -0.05) is 12.1 Å². The molecular weight excluding hydrogens is 518 g/mol. The molecule has 200 valence electrons. The molecule has 1 aliphatic carbocycles. The number of aromatic nitrogens is 3. The van der Waals surface area contributed by atoms with Gasteiger partial charge in [-0.15, -0.1) is 0 Å². The van der Waals surface area contributed by atoms with Crippen LogP contribution < -0.4 is 15.4 Å². The molecule has 1 aromatic carbocycles. The van der Waals surface area contributed by atoms with Crippen LogP contribution in [0.25, 0.3) is 10.9 Å². The van der Waals surface area contributed by atoms with Gasteiger partial charge >= 0.3 is 0 Å². The van der Waals surface area contributed by atoms with E-state index in [-0.39, 0.29) is 35.0 Å². The van der Waals surface area contributed by atoms with Gasteiger partial charge in [0.15, 0.2) is 14.9 Å². The van der Waals surface area contributed by atoms with Crippen LogP contribution in [0.1, 0.15) is 52.9 Å². The molecule has 2 N–H and O–H groups in total. The molecule has 0 spiro atoms. The Labute approximate surface area is 225 Å². The van der Waals surface area contributed by atoms with Crippen LogP contribution in [0, 0.1) is 0 Å². The highest BCUT2D eigenvalue weighted by Crippen LogP contribution is 2.38. The van der Waals surface area contributed by atoms with E-state index in [2.05, 4.69) is 15.0 Å². The van der Waals surface area contributed by atoms with Crippen LogP contribution in [0.15, 0.2) is 59.9 Å². The third-order valence-corrected chi connectivity index (χ3v) is 7.90. The number of nitrogens with zero attached hydrogens (tertiary/aromatic N) is 4. The second-order valence-electron chi connectivity index (χ2n) is 9.89. The summed E-state index contributed by atoms with van der Waals surface area (Å²) < 4.78 is 36.7. The third-order valence-electron chi connectivity index (χ3n) is 6.89. The molecule has 2 aliphatic rings. The molecule has 1 saturated carbocycles. The Morgan fingerprint density at radius 2 is 2.00 bits per heavy atom. The number of pyridine rings is 3. The highest BCUT2D eigenvalue weighted by Gasteiger charge is 2.28. The zero-order chi connectivity index (χ0) is 27.3. The lowest BCUT2D eigenvalue weighted by atomic mass is 10.0. The van der Waals surface area contributed by atoms with Crippen molar-refractivity contribution in [2.24, 2.45) is 0 Å². The smallest absolute Gasteiger partial charge is 0.260 e. The summed E-state index contributed by atoms with van der Waals surface area (Å²) in [5.41, 5.74) is 10.0. The molecule has 1 fully saturated rings. The molecule has 39 heavy (non-hydrogen) atoms. The second kappa shape index (κ2) is 9.58. The van der Waals surface area contributed by atoms with Crippen molar-refractivity contribution in [2.75, 3.05) is 16.9 Å². The number of nitrogens with two attached hydrogens (primary N) is 1. The molecule has 0 bridgehead atoms. The van der Waals surface area contributed by atoms with E-state index in [1.54, 1.807) is 24.3 Å². The molecule has 1 aliphatic heterocycles. The maximum atomic E-state index is 13.9. The molecule has 1 unspecified atom stereocenters. The normalized spacial score (nSPS) is 16.7. The summed E-state index contributed by atoms with van der Waals surface area (Å²) >= 11 is 0. The van der Waals surface area contributed by atoms with Crippen LogP contribution in [-0.4, -0.2) is 41.6 Å². The Morgan fingerprint density at radius 3 is 2.72 bits per heavy atom. The third kappa shape index (κ3) is 4.90. The van der Waals surface area contributed by atoms with Gasteiger partial charge < -0.3 is 20.1 Å². The maximum Gasteiger partial charge on any atom is 0.260 e. The molecule has 1 atom stereocenters. The van der Waals surface area contributed by atoms with Gasteiger partial charge in [0.25, 0.3) is 5.91 Å². The first-order valence-corrected chi connectivity index (χ1v) is 14.5. The van der Waals surface area contributed by atoms with Crippen molar-refractivity contribution >= 4 is 38.2 Å². The fourth-order valence-corrected chi connectivity index (χ4v) is 5.64. The first-order chi connectivity index (χ1) is 18.7. The largest absolute Gasteiger partial charge is 0.474 e. The monoisotopic (exact) mass is 545 g/mol. The van der Waals surface area contributed by atoms with Crippen LogP contribution >= 0.6 is 0 Å². The van der Waals surface area contributed by atoms with Gasteiger partial charge in [-0.2, -0.15) is 0 Å². The van der Waals surface area contributed by atoms with Gasteiger partial charge in [0.05, 0.1) is 36.0 Å². The zero-order valence-corrected chi connectivity index (χ0v) is 22.3. The number of amides is 1. The van der Waals surface area contributed by atoms with E-state index >= 15 is 0 Å². The van der Waals surface area contributed by atoms with E-state index in [4.69, 9.17) is 15.2 Å². The van der Waals surface area contributed by atoms with Crippen LogP contribution in [0.5, 0.6) is 5.88 Å². The summed E-state index contributed by atoms with van der Waals surface area (Å²) in [6.07, 6.45) is 5.93. The Bertz CT molecular complexity index is 1700. The zero-order valence-electron chi connectivity index (χ0n) is 21.5. The Balaban J connectivity index is 1.40. The quantitative estimate of drug-likeness (QED) is 0.365. The summed E-state index contributed by atoms with van der Waals surface area (Å²) in [4.78, 5) is 28.2. The average Bonchev–Trinajstić information content (AvgIpc) is 3.64. The number of carbonyl (C=O) groups is 1. The van der Waals surface area contributed by atoms with Crippen LogP contribution in [0.3, 0.4) is 0 Å². The van der Waals surface area contributed by atoms with E-state index < -0.39 is 15.7 Å². The number of hydrogen-bond acceptors (Lipinski definition) is 9. The predicted octanol–water partition coefficient (Wildman–Crippen LogP) is 3.99. The molecular formula is C28H27N5O5S. The topological polar surface area (TPSA) is 138 Å². The van der Waals surface area contributed by atoms with Crippen molar-refractivity contribution in [3.8, 4) is 5.88 Å². The number of carbonyl (C=O) groups excluding carboxylic acids is 1. The summed E-state index contributed by atoms with van der Waals surface area (Å²) in [7, 11) is -3.74. The highest BCUT2D eigenvalue weighted by atomic mass is 32.2. The van der Waals surface area contributed by atoms with Gasteiger partial charge in [0, 0.05) is 35.7 Å². The molecule has 4 aromatic rings. The number of hydrogen-bond donors (Lipinski definition) is 1. The van der Waals surface area contributed by atoms with E-state index in [1.807, 2.05) is 25.1 Å². The molecule has 4 heterocycles. The SMILES string of the molecule is CC1OCc2c1c(N)nc1cc(CN(C(=O)c3ccc(OC4CC4)nc3)c3cccnc3S(C)(=O)=O)ccc21. The fourth-order valence-electron chi connectivity index (χ4n) is 4.83. The molecule has 10 nitrogen and oxygen atoms in total.